The lowest BCUT2D eigenvalue weighted by atomic mass is 10.1. The molecule has 19 heavy (non-hydrogen) atoms. The number of nitrogens with two attached hydrogens (primary N) is 1. The SMILES string of the molecule is NCC(Sc1cc(F)ccc1F)c1cccc(Br)c1. The number of halogens is 3. The second-order valence-corrected chi connectivity index (χ2v) is 6.13. The molecule has 0 aromatic heterocycles. The first kappa shape index (κ1) is 14.5. The highest BCUT2D eigenvalue weighted by Gasteiger charge is 2.15. The van der Waals surface area contributed by atoms with Crippen LogP contribution >= 0.6 is 27.7 Å². The van der Waals surface area contributed by atoms with Crippen LogP contribution in [0.4, 0.5) is 8.78 Å². The molecule has 1 atom stereocenters. The zero-order valence-electron chi connectivity index (χ0n) is 9.95. The van der Waals surface area contributed by atoms with E-state index < -0.39 is 11.6 Å². The smallest absolute Gasteiger partial charge is 0.136 e. The average Bonchev–Trinajstić information content (AvgIpc) is 2.39. The van der Waals surface area contributed by atoms with E-state index in [1.165, 1.54) is 17.8 Å². The molecular formula is C14H12BrF2NS. The summed E-state index contributed by atoms with van der Waals surface area (Å²) < 4.78 is 27.7. The van der Waals surface area contributed by atoms with Gasteiger partial charge >= 0.3 is 0 Å². The Morgan fingerprint density at radius 2 is 1.95 bits per heavy atom. The normalized spacial score (nSPS) is 12.4. The molecule has 0 bridgehead atoms. The topological polar surface area (TPSA) is 26.0 Å². The number of hydrogen-bond donors (Lipinski definition) is 1. The number of hydrogen-bond acceptors (Lipinski definition) is 2. The van der Waals surface area contributed by atoms with Crippen molar-refractivity contribution in [1.29, 1.82) is 0 Å². The number of rotatable bonds is 4. The molecule has 0 aliphatic rings. The van der Waals surface area contributed by atoms with Crippen LogP contribution in [0.3, 0.4) is 0 Å². The Hall–Kier alpha value is -0.910. The quantitative estimate of drug-likeness (QED) is 0.826. The minimum Gasteiger partial charge on any atom is -0.329 e. The molecule has 0 heterocycles. The van der Waals surface area contributed by atoms with Crippen LogP contribution in [0.5, 0.6) is 0 Å². The van der Waals surface area contributed by atoms with Gasteiger partial charge in [-0.25, -0.2) is 8.78 Å². The van der Waals surface area contributed by atoms with E-state index in [0.29, 0.717) is 6.54 Å². The first-order chi connectivity index (χ1) is 9.10. The van der Waals surface area contributed by atoms with Crippen LogP contribution in [0, 0.1) is 11.6 Å². The van der Waals surface area contributed by atoms with E-state index in [1.54, 1.807) is 0 Å². The van der Waals surface area contributed by atoms with E-state index in [0.717, 1.165) is 22.2 Å². The molecule has 2 N–H and O–H groups in total. The Morgan fingerprint density at radius 3 is 2.63 bits per heavy atom. The Labute approximate surface area is 123 Å². The summed E-state index contributed by atoms with van der Waals surface area (Å²) in [5, 5.41) is -0.117. The van der Waals surface area contributed by atoms with Crippen molar-refractivity contribution in [1.82, 2.24) is 0 Å². The molecule has 5 heteroatoms. The van der Waals surface area contributed by atoms with E-state index in [2.05, 4.69) is 15.9 Å². The van der Waals surface area contributed by atoms with E-state index in [9.17, 15) is 8.78 Å². The fourth-order valence-corrected chi connectivity index (χ4v) is 3.14. The highest BCUT2D eigenvalue weighted by Crippen LogP contribution is 2.36. The van der Waals surface area contributed by atoms with Crippen molar-refractivity contribution >= 4 is 27.7 Å². The van der Waals surface area contributed by atoms with Gasteiger partial charge in [-0.3, -0.25) is 0 Å². The van der Waals surface area contributed by atoms with E-state index >= 15 is 0 Å². The van der Waals surface area contributed by atoms with Gasteiger partial charge in [0.15, 0.2) is 0 Å². The maximum Gasteiger partial charge on any atom is 0.136 e. The van der Waals surface area contributed by atoms with Gasteiger partial charge in [0, 0.05) is 21.2 Å². The predicted molar refractivity (Wildman–Crippen MR) is 78.2 cm³/mol. The van der Waals surface area contributed by atoms with Crippen molar-refractivity contribution in [2.75, 3.05) is 6.54 Å². The van der Waals surface area contributed by atoms with Crippen LogP contribution < -0.4 is 5.73 Å². The molecule has 0 saturated heterocycles. The van der Waals surface area contributed by atoms with Crippen LogP contribution in [-0.4, -0.2) is 6.54 Å². The second-order valence-electron chi connectivity index (χ2n) is 3.97. The fraction of sp³-hybridized carbons (Fsp3) is 0.143. The Balaban J connectivity index is 2.26. The third kappa shape index (κ3) is 3.78. The summed E-state index contributed by atoms with van der Waals surface area (Å²) >= 11 is 4.62. The van der Waals surface area contributed by atoms with E-state index in [-0.39, 0.29) is 10.1 Å². The third-order valence-corrected chi connectivity index (χ3v) is 4.41. The van der Waals surface area contributed by atoms with Gasteiger partial charge in [0.2, 0.25) is 0 Å². The Kier molecular flexibility index (Phi) is 4.96. The Bertz CT molecular complexity index is 577. The van der Waals surface area contributed by atoms with Gasteiger partial charge in [-0.05, 0) is 35.9 Å². The first-order valence-corrected chi connectivity index (χ1v) is 7.34. The highest BCUT2D eigenvalue weighted by atomic mass is 79.9. The molecule has 2 aromatic rings. The summed E-state index contributed by atoms with van der Waals surface area (Å²) in [4.78, 5) is 0.274. The Morgan fingerprint density at radius 1 is 1.16 bits per heavy atom. The van der Waals surface area contributed by atoms with Crippen LogP contribution in [-0.2, 0) is 0 Å². The second kappa shape index (κ2) is 6.50. The lowest BCUT2D eigenvalue weighted by molar-refractivity contribution is 0.576. The summed E-state index contributed by atoms with van der Waals surface area (Å²) in [6, 6.07) is 11.1. The summed E-state index contributed by atoms with van der Waals surface area (Å²) in [5.74, 6) is -0.881. The van der Waals surface area contributed by atoms with Crippen LogP contribution in [0.15, 0.2) is 51.8 Å². The van der Waals surface area contributed by atoms with Crippen molar-refractivity contribution in [2.24, 2.45) is 5.73 Å². The van der Waals surface area contributed by atoms with Crippen LogP contribution in [0.2, 0.25) is 0 Å². The van der Waals surface area contributed by atoms with E-state index in [1.807, 2.05) is 24.3 Å². The summed E-state index contributed by atoms with van der Waals surface area (Å²) in [7, 11) is 0. The fourth-order valence-electron chi connectivity index (χ4n) is 1.68. The van der Waals surface area contributed by atoms with E-state index in [4.69, 9.17) is 5.73 Å². The molecule has 100 valence electrons. The molecule has 0 amide bonds. The van der Waals surface area contributed by atoms with Crippen molar-refractivity contribution in [3.05, 3.63) is 64.1 Å². The molecule has 0 fully saturated rings. The summed E-state index contributed by atoms with van der Waals surface area (Å²) in [6.45, 7) is 0.344. The minimum atomic E-state index is -0.450. The van der Waals surface area contributed by atoms with Crippen LogP contribution in [0.25, 0.3) is 0 Å². The molecule has 1 nitrogen and oxygen atoms in total. The summed E-state index contributed by atoms with van der Waals surface area (Å²) in [6.07, 6.45) is 0. The first-order valence-electron chi connectivity index (χ1n) is 5.67. The molecule has 1 unspecified atom stereocenters. The monoisotopic (exact) mass is 343 g/mol. The van der Waals surface area contributed by atoms with Gasteiger partial charge in [-0.1, -0.05) is 28.1 Å². The van der Waals surface area contributed by atoms with Gasteiger partial charge < -0.3 is 5.73 Å². The highest BCUT2D eigenvalue weighted by molar-refractivity contribution is 9.10. The average molecular weight is 344 g/mol. The standard InChI is InChI=1S/C14H12BrF2NS/c15-10-3-1-2-9(6-10)14(8-18)19-13-7-11(16)4-5-12(13)17/h1-7,14H,8,18H2. The zero-order valence-corrected chi connectivity index (χ0v) is 12.3. The van der Waals surface area contributed by atoms with Gasteiger partial charge in [-0.2, -0.15) is 0 Å². The van der Waals surface area contributed by atoms with Gasteiger partial charge in [0.25, 0.3) is 0 Å². The number of thioether (sulfide) groups is 1. The van der Waals surface area contributed by atoms with Crippen molar-refractivity contribution in [3.8, 4) is 0 Å². The lowest BCUT2D eigenvalue weighted by Crippen LogP contribution is -2.09. The molecule has 0 aliphatic carbocycles. The molecular weight excluding hydrogens is 332 g/mol. The van der Waals surface area contributed by atoms with Gasteiger partial charge in [0.1, 0.15) is 11.6 Å². The summed E-state index contributed by atoms with van der Waals surface area (Å²) in [5.41, 5.74) is 6.72. The molecule has 2 rings (SSSR count). The zero-order chi connectivity index (χ0) is 13.8. The van der Waals surface area contributed by atoms with Crippen molar-refractivity contribution < 1.29 is 8.78 Å². The van der Waals surface area contributed by atoms with Crippen molar-refractivity contribution in [3.63, 3.8) is 0 Å². The number of benzene rings is 2. The molecule has 0 radical (unpaired) electrons. The van der Waals surface area contributed by atoms with Gasteiger partial charge in [0.05, 0.1) is 0 Å². The molecule has 0 saturated carbocycles. The maximum atomic E-state index is 13.6. The minimum absolute atomic E-state index is 0.117. The van der Waals surface area contributed by atoms with Crippen LogP contribution in [0.1, 0.15) is 10.8 Å². The lowest BCUT2D eigenvalue weighted by Gasteiger charge is -2.15. The molecule has 0 aliphatic heterocycles. The maximum absolute atomic E-state index is 13.6. The molecule has 0 spiro atoms. The van der Waals surface area contributed by atoms with Crippen molar-refractivity contribution in [2.45, 2.75) is 10.1 Å². The third-order valence-electron chi connectivity index (χ3n) is 2.60. The molecule has 2 aromatic carbocycles. The largest absolute Gasteiger partial charge is 0.329 e. The predicted octanol–water partition coefficient (Wildman–Crippen LogP) is 4.52. The van der Waals surface area contributed by atoms with Gasteiger partial charge in [-0.15, -0.1) is 11.8 Å².